The predicted molar refractivity (Wildman–Crippen MR) is 67.0 cm³/mol. The van der Waals surface area contributed by atoms with Gasteiger partial charge in [0.25, 0.3) is 0 Å². The van der Waals surface area contributed by atoms with Gasteiger partial charge in [0.05, 0.1) is 4.90 Å². The quantitative estimate of drug-likeness (QED) is 0.740. The Morgan fingerprint density at radius 3 is 1.47 bits per heavy atom. The van der Waals surface area contributed by atoms with Gasteiger partial charge in [-0.1, -0.05) is 45.4 Å². The van der Waals surface area contributed by atoms with Crippen molar-refractivity contribution in [1.82, 2.24) is 0 Å². The topological polar surface area (TPSA) is 34.1 Å². The first-order chi connectivity index (χ1) is 7.00. The van der Waals surface area contributed by atoms with Crippen molar-refractivity contribution in [1.29, 1.82) is 0 Å². The van der Waals surface area contributed by atoms with Crippen LogP contribution >= 0.6 is 0 Å². The molecule has 15 heavy (non-hydrogen) atoms. The van der Waals surface area contributed by atoms with Crippen LogP contribution < -0.4 is 0 Å². The van der Waals surface area contributed by atoms with E-state index in [9.17, 15) is 8.42 Å². The summed E-state index contributed by atoms with van der Waals surface area (Å²) >= 11 is 0. The van der Waals surface area contributed by atoms with E-state index in [1.54, 1.807) is 24.3 Å². The summed E-state index contributed by atoms with van der Waals surface area (Å²) in [6.45, 7) is 9.92. The van der Waals surface area contributed by atoms with Gasteiger partial charge < -0.3 is 0 Å². The third-order valence-electron chi connectivity index (χ3n) is 1.45. The molecule has 0 saturated heterocycles. The molecule has 0 aliphatic carbocycles. The van der Waals surface area contributed by atoms with Crippen LogP contribution in [0.15, 0.2) is 29.2 Å². The van der Waals surface area contributed by atoms with E-state index in [1.807, 2.05) is 34.6 Å². The van der Waals surface area contributed by atoms with Gasteiger partial charge in [-0.05, 0) is 19.1 Å². The van der Waals surface area contributed by atoms with Gasteiger partial charge >= 0.3 is 0 Å². The fourth-order valence-electron chi connectivity index (χ4n) is 0.785. The van der Waals surface area contributed by atoms with E-state index < -0.39 is 9.84 Å². The van der Waals surface area contributed by atoms with Crippen LogP contribution in [-0.4, -0.2) is 14.7 Å². The second-order valence-electron chi connectivity index (χ2n) is 2.59. The Hall–Kier alpha value is -0.830. The second-order valence-corrected chi connectivity index (χ2v) is 4.60. The highest BCUT2D eigenvalue weighted by Crippen LogP contribution is 2.08. The van der Waals surface area contributed by atoms with Crippen molar-refractivity contribution in [3.05, 3.63) is 29.8 Å². The molecular formula is C12H22O2S. The van der Waals surface area contributed by atoms with Gasteiger partial charge in [-0.2, -0.15) is 0 Å². The monoisotopic (exact) mass is 230 g/mol. The number of hydrogen-bond acceptors (Lipinski definition) is 2. The normalized spacial score (nSPS) is 9.20. The van der Waals surface area contributed by atoms with Crippen molar-refractivity contribution < 1.29 is 8.42 Å². The Morgan fingerprint density at radius 1 is 0.867 bits per heavy atom. The molecule has 1 rings (SSSR count). The molecule has 0 spiro atoms. The maximum atomic E-state index is 10.9. The Bertz CT molecular complexity index is 336. The first kappa shape index (κ1) is 16.6. The molecule has 0 bridgehead atoms. The van der Waals surface area contributed by atoms with Crippen LogP contribution in [0.2, 0.25) is 0 Å². The molecule has 3 heteroatoms. The van der Waals surface area contributed by atoms with Crippen molar-refractivity contribution in [2.45, 2.75) is 39.5 Å². The molecule has 0 heterocycles. The lowest BCUT2D eigenvalue weighted by molar-refractivity contribution is 0.602. The van der Waals surface area contributed by atoms with E-state index >= 15 is 0 Å². The summed E-state index contributed by atoms with van der Waals surface area (Å²) in [5, 5.41) is 0. The van der Waals surface area contributed by atoms with Crippen LogP contribution in [0.5, 0.6) is 0 Å². The summed E-state index contributed by atoms with van der Waals surface area (Å²) in [6.07, 6.45) is 1.21. The standard InChI is InChI=1S/C8H10O2S.2C2H6/c1-7-3-5-8(6-4-7)11(2,9)10;2*1-2/h3-6H,1-2H3;2*1-2H3. The Balaban J connectivity index is 0. The molecule has 0 aromatic heterocycles. The highest BCUT2D eigenvalue weighted by Gasteiger charge is 2.04. The molecule has 0 atom stereocenters. The van der Waals surface area contributed by atoms with Gasteiger partial charge in [-0.3, -0.25) is 0 Å². The molecule has 88 valence electrons. The first-order valence-electron chi connectivity index (χ1n) is 5.27. The molecule has 0 amide bonds. The summed E-state index contributed by atoms with van der Waals surface area (Å²) in [7, 11) is -3.02. The highest BCUT2D eigenvalue weighted by atomic mass is 32.2. The molecular weight excluding hydrogens is 208 g/mol. The van der Waals surface area contributed by atoms with Gasteiger partial charge in [-0.25, -0.2) is 8.42 Å². The van der Waals surface area contributed by atoms with Crippen LogP contribution in [0.3, 0.4) is 0 Å². The van der Waals surface area contributed by atoms with E-state index in [0.29, 0.717) is 4.90 Å². The summed E-state index contributed by atoms with van der Waals surface area (Å²) in [4.78, 5) is 0.378. The number of aryl methyl sites for hydroxylation is 1. The van der Waals surface area contributed by atoms with E-state index in [4.69, 9.17) is 0 Å². The maximum Gasteiger partial charge on any atom is 0.175 e. The van der Waals surface area contributed by atoms with Crippen LogP contribution in [0.4, 0.5) is 0 Å². The van der Waals surface area contributed by atoms with E-state index in [1.165, 1.54) is 6.26 Å². The zero-order valence-electron chi connectivity index (χ0n) is 10.5. The largest absolute Gasteiger partial charge is 0.224 e. The van der Waals surface area contributed by atoms with Gasteiger partial charge in [0.1, 0.15) is 0 Å². The van der Waals surface area contributed by atoms with Gasteiger partial charge in [0, 0.05) is 6.26 Å². The summed E-state index contributed by atoms with van der Waals surface area (Å²) in [5.41, 5.74) is 1.07. The number of benzene rings is 1. The smallest absolute Gasteiger partial charge is 0.175 e. The molecule has 0 fully saturated rings. The molecule has 0 aliphatic heterocycles. The summed E-state index contributed by atoms with van der Waals surface area (Å²) < 4.78 is 21.9. The van der Waals surface area contributed by atoms with Crippen molar-refractivity contribution in [2.75, 3.05) is 6.26 Å². The fourth-order valence-corrected chi connectivity index (χ4v) is 1.42. The molecule has 0 aliphatic rings. The molecule has 0 unspecified atom stereocenters. The zero-order chi connectivity index (χ0) is 12.5. The van der Waals surface area contributed by atoms with Gasteiger partial charge in [0.2, 0.25) is 0 Å². The van der Waals surface area contributed by atoms with Crippen LogP contribution in [0.25, 0.3) is 0 Å². The minimum absolute atomic E-state index is 0.378. The second kappa shape index (κ2) is 8.48. The number of hydrogen-bond donors (Lipinski definition) is 0. The van der Waals surface area contributed by atoms with E-state index in [2.05, 4.69) is 0 Å². The average Bonchev–Trinajstić information content (AvgIpc) is 2.23. The minimum Gasteiger partial charge on any atom is -0.224 e. The molecule has 0 N–H and O–H groups in total. The van der Waals surface area contributed by atoms with Crippen molar-refractivity contribution in [3.8, 4) is 0 Å². The molecule has 1 aromatic rings. The van der Waals surface area contributed by atoms with E-state index in [-0.39, 0.29) is 0 Å². The van der Waals surface area contributed by atoms with Crippen LogP contribution in [-0.2, 0) is 9.84 Å². The van der Waals surface area contributed by atoms with Crippen LogP contribution in [0.1, 0.15) is 33.3 Å². The van der Waals surface area contributed by atoms with Gasteiger partial charge in [0.15, 0.2) is 9.84 Å². The lowest BCUT2D eigenvalue weighted by atomic mass is 10.2. The van der Waals surface area contributed by atoms with Crippen molar-refractivity contribution in [2.24, 2.45) is 0 Å². The lowest BCUT2D eigenvalue weighted by Gasteiger charge is -1.96. The number of sulfone groups is 1. The molecule has 0 saturated carbocycles. The average molecular weight is 230 g/mol. The van der Waals surface area contributed by atoms with Gasteiger partial charge in [-0.15, -0.1) is 0 Å². The summed E-state index contributed by atoms with van der Waals surface area (Å²) in [5.74, 6) is 0. The maximum absolute atomic E-state index is 10.9. The SMILES string of the molecule is CC.CC.Cc1ccc(S(C)(=O)=O)cc1. The highest BCUT2D eigenvalue weighted by molar-refractivity contribution is 7.90. The molecule has 2 nitrogen and oxygen atoms in total. The summed E-state index contributed by atoms with van der Waals surface area (Å²) in [6, 6.07) is 6.81. The third kappa shape index (κ3) is 7.14. The molecule has 1 aromatic carbocycles. The lowest BCUT2D eigenvalue weighted by Crippen LogP contribution is -1.95. The Morgan fingerprint density at radius 2 is 1.20 bits per heavy atom. The molecule has 0 radical (unpaired) electrons. The third-order valence-corrected chi connectivity index (χ3v) is 2.58. The van der Waals surface area contributed by atoms with E-state index in [0.717, 1.165) is 5.56 Å². The number of rotatable bonds is 1. The Kier molecular flexibility index (Phi) is 9.38. The van der Waals surface area contributed by atoms with Crippen molar-refractivity contribution >= 4 is 9.84 Å². The Labute approximate surface area is 94.3 Å². The first-order valence-corrected chi connectivity index (χ1v) is 7.16. The minimum atomic E-state index is -3.02. The van der Waals surface area contributed by atoms with Crippen LogP contribution in [0, 0.1) is 6.92 Å². The van der Waals surface area contributed by atoms with Crippen molar-refractivity contribution in [3.63, 3.8) is 0 Å². The fraction of sp³-hybridized carbons (Fsp3) is 0.500. The zero-order valence-corrected chi connectivity index (χ0v) is 11.4. The predicted octanol–water partition coefficient (Wildman–Crippen LogP) is 3.45.